The fraction of sp³-hybridized carbons (Fsp3) is 0.273. The number of hydrogen-bond acceptors (Lipinski definition) is 1. The van der Waals surface area contributed by atoms with E-state index in [1.165, 1.54) is 12.1 Å². The number of phenolic OH excluding ortho intramolecular Hbond substituents is 1. The van der Waals surface area contributed by atoms with Crippen molar-refractivity contribution in [3.05, 3.63) is 35.4 Å². The molecule has 0 saturated carbocycles. The molecule has 16 heavy (non-hydrogen) atoms. The van der Waals surface area contributed by atoms with Crippen LogP contribution in [-0.2, 0) is 6.18 Å². The largest absolute Gasteiger partial charge is 0.507 e. The number of benzene rings is 1. The molecule has 0 atom stereocenters. The highest BCUT2D eigenvalue weighted by Crippen LogP contribution is 2.32. The van der Waals surface area contributed by atoms with Crippen LogP contribution in [0, 0.1) is 0 Å². The van der Waals surface area contributed by atoms with E-state index in [2.05, 4.69) is 0 Å². The highest BCUT2D eigenvalue weighted by molar-refractivity contribution is 6.17. The number of rotatable bonds is 3. The highest BCUT2D eigenvalue weighted by Gasteiger charge is 2.30. The van der Waals surface area contributed by atoms with Gasteiger partial charge >= 0.3 is 6.18 Å². The van der Waals surface area contributed by atoms with Gasteiger partial charge in [-0.15, -0.1) is 11.6 Å². The standard InChI is InChI=1S/C11H10ClF3O/c12-6-2-1-3-8-4-5-9(7-10(8)16)11(13,14)15/h1,3-5,7,16H,2,6H2. The number of allylic oxidation sites excluding steroid dienone is 1. The van der Waals surface area contributed by atoms with Crippen LogP contribution in [-0.4, -0.2) is 11.0 Å². The maximum Gasteiger partial charge on any atom is 0.416 e. The van der Waals surface area contributed by atoms with Crippen molar-refractivity contribution in [3.8, 4) is 5.75 Å². The molecular weight excluding hydrogens is 241 g/mol. The van der Waals surface area contributed by atoms with Gasteiger partial charge in [0.2, 0.25) is 0 Å². The molecule has 0 fully saturated rings. The van der Waals surface area contributed by atoms with Gasteiger partial charge in [0.05, 0.1) is 5.56 Å². The monoisotopic (exact) mass is 250 g/mol. The van der Waals surface area contributed by atoms with E-state index in [0.29, 0.717) is 23.9 Å². The van der Waals surface area contributed by atoms with Gasteiger partial charge in [-0.3, -0.25) is 0 Å². The Balaban J connectivity index is 2.92. The van der Waals surface area contributed by atoms with Gasteiger partial charge in [0, 0.05) is 11.4 Å². The molecule has 88 valence electrons. The fourth-order valence-corrected chi connectivity index (χ4v) is 1.26. The summed E-state index contributed by atoms with van der Waals surface area (Å²) in [6.45, 7) is 0. The van der Waals surface area contributed by atoms with Gasteiger partial charge in [0.15, 0.2) is 0 Å². The normalized spacial score (nSPS) is 12.2. The lowest BCUT2D eigenvalue weighted by Crippen LogP contribution is -2.04. The Kier molecular flexibility index (Phi) is 4.24. The summed E-state index contributed by atoms with van der Waals surface area (Å²) >= 11 is 5.43. The molecule has 1 rings (SSSR count). The summed E-state index contributed by atoms with van der Waals surface area (Å²) in [5.74, 6) is 0.0402. The lowest BCUT2D eigenvalue weighted by atomic mass is 10.1. The lowest BCUT2D eigenvalue weighted by molar-refractivity contribution is -0.137. The summed E-state index contributed by atoms with van der Waals surface area (Å²) in [5.41, 5.74) is -0.516. The minimum Gasteiger partial charge on any atom is -0.507 e. The van der Waals surface area contributed by atoms with Crippen molar-refractivity contribution >= 4 is 17.7 Å². The van der Waals surface area contributed by atoms with Crippen LogP contribution >= 0.6 is 11.6 Å². The molecule has 0 bridgehead atoms. The first kappa shape index (κ1) is 12.9. The molecular formula is C11H10ClF3O. The first-order valence-corrected chi connectivity index (χ1v) is 5.11. The summed E-state index contributed by atoms with van der Waals surface area (Å²) in [6.07, 6.45) is -0.606. The summed E-state index contributed by atoms with van der Waals surface area (Å²) in [6, 6.07) is 2.86. The van der Waals surface area contributed by atoms with Gasteiger partial charge in [-0.25, -0.2) is 0 Å². The molecule has 1 aromatic rings. The number of aromatic hydroxyl groups is 1. The van der Waals surface area contributed by atoms with Crippen molar-refractivity contribution < 1.29 is 18.3 Å². The number of hydrogen-bond donors (Lipinski definition) is 1. The van der Waals surface area contributed by atoms with E-state index in [4.69, 9.17) is 11.6 Å². The van der Waals surface area contributed by atoms with Crippen LogP contribution < -0.4 is 0 Å². The van der Waals surface area contributed by atoms with E-state index in [9.17, 15) is 18.3 Å². The third-order valence-electron chi connectivity index (χ3n) is 1.93. The highest BCUT2D eigenvalue weighted by atomic mass is 35.5. The van der Waals surface area contributed by atoms with E-state index in [1.54, 1.807) is 6.08 Å². The molecule has 0 amide bonds. The Morgan fingerprint density at radius 2 is 2.00 bits per heavy atom. The summed E-state index contributed by atoms with van der Waals surface area (Å²) in [7, 11) is 0. The average molecular weight is 251 g/mol. The minimum absolute atomic E-state index is 0.345. The van der Waals surface area contributed by atoms with Crippen molar-refractivity contribution in [2.45, 2.75) is 12.6 Å². The summed E-state index contributed by atoms with van der Waals surface area (Å²) in [4.78, 5) is 0. The van der Waals surface area contributed by atoms with Gasteiger partial charge in [-0.2, -0.15) is 13.2 Å². The third-order valence-corrected chi connectivity index (χ3v) is 2.15. The van der Waals surface area contributed by atoms with Crippen LogP contribution in [0.1, 0.15) is 17.5 Å². The molecule has 0 radical (unpaired) electrons. The van der Waals surface area contributed by atoms with Crippen molar-refractivity contribution in [1.29, 1.82) is 0 Å². The predicted octanol–water partition coefficient (Wildman–Crippen LogP) is 4.05. The van der Waals surface area contributed by atoms with Crippen LogP contribution in [0.25, 0.3) is 6.08 Å². The van der Waals surface area contributed by atoms with E-state index in [0.717, 1.165) is 6.07 Å². The molecule has 1 aromatic carbocycles. The zero-order valence-corrected chi connectivity index (χ0v) is 9.02. The van der Waals surface area contributed by atoms with Crippen LogP contribution in [0.3, 0.4) is 0 Å². The van der Waals surface area contributed by atoms with Crippen molar-refractivity contribution in [2.75, 3.05) is 5.88 Å². The van der Waals surface area contributed by atoms with Crippen LogP contribution in [0.2, 0.25) is 0 Å². The summed E-state index contributed by atoms with van der Waals surface area (Å²) < 4.78 is 36.8. The molecule has 0 aliphatic rings. The molecule has 0 spiro atoms. The molecule has 1 nitrogen and oxygen atoms in total. The van der Waals surface area contributed by atoms with Gasteiger partial charge in [0.1, 0.15) is 5.75 Å². The maximum absolute atomic E-state index is 12.3. The van der Waals surface area contributed by atoms with Gasteiger partial charge in [0.25, 0.3) is 0 Å². The molecule has 0 heterocycles. The smallest absolute Gasteiger partial charge is 0.416 e. The second kappa shape index (κ2) is 5.25. The molecule has 1 N–H and O–H groups in total. The van der Waals surface area contributed by atoms with Crippen LogP contribution in [0.4, 0.5) is 13.2 Å². The van der Waals surface area contributed by atoms with E-state index >= 15 is 0 Å². The van der Waals surface area contributed by atoms with Crippen LogP contribution in [0.5, 0.6) is 5.75 Å². The first-order valence-electron chi connectivity index (χ1n) is 4.58. The van der Waals surface area contributed by atoms with Gasteiger partial charge in [-0.1, -0.05) is 18.2 Å². The number of alkyl halides is 4. The molecule has 0 unspecified atom stereocenters. The average Bonchev–Trinajstić information content (AvgIpc) is 2.19. The van der Waals surface area contributed by atoms with Gasteiger partial charge < -0.3 is 5.11 Å². The third kappa shape index (κ3) is 3.45. The topological polar surface area (TPSA) is 20.2 Å². The Bertz CT molecular complexity index is 385. The predicted molar refractivity (Wildman–Crippen MR) is 57.5 cm³/mol. The first-order chi connectivity index (χ1) is 7.45. The lowest BCUT2D eigenvalue weighted by Gasteiger charge is -2.07. The summed E-state index contributed by atoms with van der Waals surface area (Å²) in [5, 5.41) is 9.37. The van der Waals surface area contributed by atoms with Crippen molar-refractivity contribution in [1.82, 2.24) is 0 Å². The Hall–Kier alpha value is -1.16. The zero-order chi connectivity index (χ0) is 12.2. The second-order valence-electron chi connectivity index (χ2n) is 3.15. The molecule has 0 aliphatic carbocycles. The quantitative estimate of drug-likeness (QED) is 0.803. The second-order valence-corrected chi connectivity index (χ2v) is 3.53. The SMILES string of the molecule is Oc1cc(C(F)(F)F)ccc1C=CCCCl. The van der Waals surface area contributed by atoms with Gasteiger partial charge in [-0.05, 0) is 18.6 Å². The Labute approximate surface area is 96.2 Å². The Morgan fingerprint density at radius 1 is 1.31 bits per heavy atom. The molecule has 0 saturated heterocycles. The molecule has 5 heteroatoms. The number of phenols is 1. The maximum atomic E-state index is 12.3. The fourth-order valence-electron chi connectivity index (χ4n) is 1.13. The van der Waals surface area contributed by atoms with Crippen molar-refractivity contribution in [3.63, 3.8) is 0 Å². The Morgan fingerprint density at radius 3 is 2.50 bits per heavy atom. The van der Waals surface area contributed by atoms with E-state index < -0.39 is 11.7 Å². The van der Waals surface area contributed by atoms with E-state index in [1.807, 2.05) is 0 Å². The van der Waals surface area contributed by atoms with E-state index in [-0.39, 0.29) is 5.75 Å². The van der Waals surface area contributed by atoms with Crippen LogP contribution in [0.15, 0.2) is 24.3 Å². The minimum atomic E-state index is -4.43. The molecule has 0 aliphatic heterocycles. The van der Waals surface area contributed by atoms with Crippen molar-refractivity contribution in [2.24, 2.45) is 0 Å². The molecule has 0 aromatic heterocycles. The number of halogens is 4. The zero-order valence-electron chi connectivity index (χ0n) is 8.26.